The maximum Gasteiger partial charge on any atom is 0.250 e. The summed E-state index contributed by atoms with van der Waals surface area (Å²) in [5, 5.41) is 13.4. The fourth-order valence-corrected chi connectivity index (χ4v) is 2.16. The summed E-state index contributed by atoms with van der Waals surface area (Å²) < 4.78 is 0. The second-order valence-electron chi connectivity index (χ2n) is 4.05. The van der Waals surface area contributed by atoms with Crippen LogP contribution in [-0.4, -0.2) is 25.9 Å². The number of para-hydroxylation sites is 1. The minimum absolute atomic E-state index is 0.251. The van der Waals surface area contributed by atoms with Crippen molar-refractivity contribution in [3.63, 3.8) is 0 Å². The van der Waals surface area contributed by atoms with Crippen molar-refractivity contribution in [3.05, 3.63) is 59.9 Å². The molecule has 1 aromatic carbocycles. The van der Waals surface area contributed by atoms with E-state index in [1.807, 2.05) is 30.3 Å². The first-order valence-electron chi connectivity index (χ1n) is 6.17. The van der Waals surface area contributed by atoms with E-state index < -0.39 is 0 Å². The number of rotatable bonds is 4. The Hall–Kier alpha value is -2.80. The Bertz CT molecular complexity index is 749. The number of carbonyl (C=O) groups excluding carboxylic acids is 1. The van der Waals surface area contributed by atoms with Crippen molar-refractivity contribution in [2.45, 2.75) is 0 Å². The van der Waals surface area contributed by atoms with Gasteiger partial charge in [-0.1, -0.05) is 18.2 Å². The van der Waals surface area contributed by atoms with Gasteiger partial charge in [0.2, 0.25) is 5.91 Å². The largest absolute Gasteiger partial charge is 0.298 e. The number of benzene rings is 1. The number of aromatic nitrogens is 4. The third kappa shape index (κ3) is 3.40. The molecule has 0 atom stereocenters. The number of nitrogens with zero attached hydrogens (tertiary/aromatic N) is 4. The smallest absolute Gasteiger partial charge is 0.250 e. The van der Waals surface area contributed by atoms with Crippen LogP contribution in [0.15, 0.2) is 54.2 Å². The molecular formula is C14H11N5OS. The van der Waals surface area contributed by atoms with Crippen LogP contribution in [0.5, 0.6) is 0 Å². The Morgan fingerprint density at radius 1 is 1.29 bits per heavy atom. The fourth-order valence-electron chi connectivity index (χ4n) is 1.63. The number of nitrogens with one attached hydrogen (secondary N) is 1. The maximum atomic E-state index is 11.7. The summed E-state index contributed by atoms with van der Waals surface area (Å²) in [6.45, 7) is 0. The average molecular weight is 297 g/mol. The van der Waals surface area contributed by atoms with Gasteiger partial charge in [0.25, 0.3) is 0 Å². The summed E-state index contributed by atoms with van der Waals surface area (Å²) in [5.41, 5.74) is 1.47. The highest BCUT2D eigenvalue weighted by atomic mass is 32.1. The molecule has 1 N–H and O–H groups in total. The molecule has 2 aromatic heterocycles. The van der Waals surface area contributed by atoms with Crippen LogP contribution in [0.1, 0.15) is 5.69 Å². The molecule has 21 heavy (non-hydrogen) atoms. The van der Waals surface area contributed by atoms with Gasteiger partial charge in [0.05, 0.1) is 11.9 Å². The SMILES string of the molecule is O=C(/C=C/c1cnn(-c2ccccc2)n1)Nc1nccs1. The zero-order valence-electron chi connectivity index (χ0n) is 10.9. The van der Waals surface area contributed by atoms with Gasteiger partial charge in [0.1, 0.15) is 5.69 Å². The highest BCUT2D eigenvalue weighted by molar-refractivity contribution is 7.13. The third-order valence-corrected chi connectivity index (χ3v) is 3.25. The number of carbonyl (C=O) groups is 1. The van der Waals surface area contributed by atoms with Crippen molar-refractivity contribution < 1.29 is 4.79 Å². The third-order valence-electron chi connectivity index (χ3n) is 2.56. The Morgan fingerprint density at radius 3 is 2.90 bits per heavy atom. The zero-order chi connectivity index (χ0) is 14.5. The summed E-state index contributed by atoms with van der Waals surface area (Å²) in [6, 6.07) is 9.56. The second kappa shape index (κ2) is 6.10. The van der Waals surface area contributed by atoms with Crippen molar-refractivity contribution in [1.29, 1.82) is 0 Å². The second-order valence-corrected chi connectivity index (χ2v) is 4.95. The van der Waals surface area contributed by atoms with Crippen LogP contribution in [0, 0.1) is 0 Å². The van der Waals surface area contributed by atoms with Gasteiger partial charge in [-0.15, -0.1) is 16.4 Å². The highest BCUT2D eigenvalue weighted by Crippen LogP contribution is 2.10. The first-order chi connectivity index (χ1) is 10.3. The molecule has 6 nitrogen and oxygen atoms in total. The standard InChI is InChI=1S/C14H11N5OS/c20-13(17-14-15-8-9-21-14)7-6-11-10-16-19(18-11)12-4-2-1-3-5-12/h1-10H,(H,15,17,20)/b7-6+. The summed E-state index contributed by atoms with van der Waals surface area (Å²) in [4.78, 5) is 17.2. The lowest BCUT2D eigenvalue weighted by atomic mass is 10.3. The van der Waals surface area contributed by atoms with E-state index in [2.05, 4.69) is 20.5 Å². The minimum atomic E-state index is -0.251. The van der Waals surface area contributed by atoms with E-state index in [0.717, 1.165) is 5.69 Å². The van der Waals surface area contributed by atoms with Gasteiger partial charge in [0.15, 0.2) is 5.13 Å². The van der Waals surface area contributed by atoms with Crippen molar-refractivity contribution in [1.82, 2.24) is 20.0 Å². The Kier molecular flexibility index (Phi) is 3.83. The first kappa shape index (κ1) is 13.2. The molecule has 3 aromatic rings. The average Bonchev–Trinajstić information content (AvgIpc) is 3.17. The van der Waals surface area contributed by atoms with Crippen LogP contribution < -0.4 is 5.32 Å². The van der Waals surface area contributed by atoms with E-state index >= 15 is 0 Å². The summed E-state index contributed by atoms with van der Waals surface area (Å²) in [6.07, 6.45) is 6.24. The predicted molar refractivity (Wildman–Crippen MR) is 81.1 cm³/mol. The van der Waals surface area contributed by atoms with Gasteiger partial charge in [-0.05, 0) is 18.2 Å². The first-order valence-corrected chi connectivity index (χ1v) is 7.05. The lowest BCUT2D eigenvalue weighted by Crippen LogP contribution is -2.07. The fraction of sp³-hybridized carbons (Fsp3) is 0. The lowest BCUT2D eigenvalue weighted by molar-refractivity contribution is -0.111. The normalized spacial score (nSPS) is 10.9. The molecule has 0 saturated carbocycles. The Balaban J connectivity index is 1.67. The summed E-state index contributed by atoms with van der Waals surface area (Å²) in [7, 11) is 0. The number of amides is 1. The maximum absolute atomic E-state index is 11.7. The van der Waals surface area contributed by atoms with E-state index in [4.69, 9.17) is 0 Å². The monoisotopic (exact) mass is 297 g/mol. The molecule has 0 bridgehead atoms. The van der Waals surface area contributed by atoms with Crippen molar-refractivity contribution in [2.75, 3.05) is 5.32 Å². The molecule has 7 heteroatoms. The van der Waals surface area contributed by atoms with E-state index in [1.54, 1.807) is 23.8 Å². The molecule has 1 amide bonds. The highest BCUT2D eigenvalue weighted by Gasteiger charge is 2.02. The van der Waals surface area contributed by atoms with Gasteiger partial charge in [-0.2, -0.15) is 9.90 Å². The zero-order valence-corrected chi connectivity index (χ0v) is 11.7. The van der Waals surface area contributed by atoms with E-state index in [1.165, 1.54) is 22.2 Å². The summed E-state index contributed by atoms with van der Waals surface area (Å²) in [5.74, 6) is -0.251. The molecular weight excluding hydrogens is 286 g/mol. The molecule has 0 unspecified atom stereocenters. The van der Waals surface area contributed by atoms with Crippen LogP contribution >= 0.6 is 11.3 Å². The van der Waals surface area contributed by atoms with Gasteiger partial charge in [-0.3, -0.25) is 10.1 Å². The van der Waals surface area contributed by atoms with Crippen LogP contribution in [0.3, 0.4) is 0 Å². The van der Waals surface area contributed by atoms with Crippen LogP contribution in [0.25, 0.3) is 11.8 Å². The number of thiazole rings is 1. The number of anilines is 1. The Labute approximate surface area is 124 Å². The molecule has 3 rings (SSSR count). The molecule has 0 spiro atoms. The molecule has 0 radical (unpaired) electrons. The molecule has 104 valence electrons. The Morgan fingerprint density at radius 2 is 2.14 bits per heavy atom. The van der Waals surface area contributed by atoms with Crippen molar-refractivity contribution in [2.24, 2.45) is 0 Å². The van der Waals surface area contributed by atoms with E-state index in [-0.39, 0.29) is 5.91 Å². The molecule has 0 aliphatic heterocycles. The van der Waals surface area contributed by atoms with E-state index in [9.17, 15) is 4.79 Å². The van der Waals surface area contributed by atoms with Crippen molar-refractivity contribution >= 4 is 28.5 Å². The minimum Gasteiger partial charge on any atom is -0.298 e. The summed E-state index contributed by atoms with van der Waals surface area (Å²) >= 11 is 1.37. The quantitative estimate of drug-likeness (QED) is 0.750. The molecule has 0 saturated heterocycles. The molecule has 0 aliphatic carbocycles. The van der Waals surface area contributed by atoms with Gasteiger partial charge < -0.3 is 0 Å². The topological polar surface area (TPSA) is 72.7 Å². The van der Waals surface area contributed by atoms with Crippen LogP contribution in [0.4, 0.5) is 5.13 Å². The lowest BCUT2D eigenvalue weighted by Gasteiger charge is -1.96. The molecule has 0 fully saturated rings. The number of hydrogen-bond acceptors (Lipinski definition) is 5. The van der Waals surface area contributed by atoms with E-state index in [0.29, 0.717) is 10.8 Å². The molecule has 2 heterocycles. The van der Waals surface area contributed by atoms with Gasteiger partial charge in [0, 0.05) is 17.7 Å². The van der Waals surface area contributed by atoms with Crippen molar-refractivity contribution in [3.8, 4) is 5.69 Å². The van der Waals surface area contributed by atoms with Crippen LogP contribution in [-0.2, 0) is 4.79 Å². The number of hydrogen-bond donors (Lipinski definition) is 1. The van der Waals surface area contributed by atoms with Crippen LogP contribution in [0.2, 0.25) is 0 Å². The van der Waals surface area contributed by atoms with Gasteiger partial charge >= 0.3 is 0 Å². The molecule has 0 aliphatic rings. The predicted octanol–water partition coefficient (Wildman–Crippen LogP) is 2.38. The van der Waals surface area contributed by atoms with Gasteiger partial charge in [-0.25, -0.2) is 4.98 Å².